The highest BCUT2D eigenvalue weighted by Crippen LogP contribution is 2.28. The van der Waals surface area contributed by atoms with E-state index in [0.717, 1.165) is 18.4 Å². The summed E-state index contributed by atoms with van der Waals surface area (Å²) in [6, 6.07) is 5.14. The number of ether oxygens (including phenoxy) is 3. The van der Waals surface area contributed by atoms with Gasteiger partial charge in [0.2, 0.25) is 5.91 Å². The fourth-order valence-electron chi connectivity index (χ4n) is 2.70. The molecule has 136 valence electrons. The van der Waals surface area contributed by atoms with Gasteiger partial charge in [-0.1, -0.05) is 6.07 Å². The van der Waals surface area contributed by atoms with Gasteiger partial charge in [-0.3, -0.25) is 4.79 Å². The van der Waals surface area contributed by atoms with E-state index in [4.69, 9.17) is 19.9 Å². The second-order valence-corrected chi connectivity index (χ2v) is 5.61. The Morgan fingerprint density at radius 3 is 2.71 bits per heavy atom. The molecule has 3 N–H and O–H groups in total. The lowest BCUT2D eigenvalue weighted by atomic mass is 9.92. The summed E-state index contributed by atoms with van der Waals surface area (Å²) >= 11 is 0. The molecule has 0 bridgehead atoms. The number of rotatable bonds is 7. The SMILES string of the molecule is CCOc1cc(CNC(=O)C(N)C2CCOCC2)ccc1OC.Cl. The minimum absolute atomic E-state index is 0. The Morgan fingerprint density at radius 1 is 1.38 bits per heavy atom. The van der Waals surface area contributed by atoms with Crippen molar-refractivity contribution in [3.05, 3.63) is 23.8 Å². The number of carbonyl (C=O) groups excluding carboxylic acids is 1. The molecule has 0 spiro atoms. The van der Waals surface area contributed by atoms with Crippen LogP contribution >= 0.6 is 12.4 Å². The fourth-order valence-corrected chi connectivity index (χ4v) is 2.70. The average molecular weight is 359 g/mol. The normalized spacial score (nSPS) is 16.0. The topological polar surface area (TPSA) is 82.8 Å². The largest absolute Gasteiger partial charge is 0.493 e. The Labute approximate surface area is 149 Å². The molecule has 1 heterocycles. The van der Waals surface area contributed by atoms with E-state index in [0.29, 0.717) is 37.9 Å². The molecule has 1 fully saturated rings. The summed E-state index contributed by atoms with van der Waals surface area (Å²) < 4.78 is 16.1. The number of benzene rings is 1. The number of hydrogen-bond donors (Lipinski definition) is 2. The summed E-state index contributed by atoms with van der Waals surface area (Å²) in [5.41, 5.74) is 7.01. The van der Waals surface area contributed by atoms with Crippen molar-refractivity contribution in [2.45, 2.75) is 32.4 Å². The van der Waals surface area contributed by atoms with Crippen LogP contribution in [-0.2, 0) is 16.1 Å². The van der Waals surface area contributed by atoms with Crippen LogP contribution in [0.1, 0.15) is 25.3 Å². The Morgan fingerprint density at radius 2 is 2.08 bits per heavy atom. The Hall–Kier alpha value is -1.50. The molecule has 6 nitrogen and oxygen atoms in total. The summed E-state index contributed by atoms with van der Waals surface area (Å²) in [5.74, 6) is 1.43. The van der Waals surface area contributed by atoms with Crippen molar-refractivity contribution in [2.75, 3.05) is 26.9 Å². The number of methoxy groups -OCH3 is 1. The van der Waals surface area contributed by atoms with Gasteiger partial charge in [0.25, 0.3) is 0 Å². The Kier molecular flexibility index (Phi) is 8.89. The molecule has 7 heteroatoms. The van der Waals surface area contributed by atoms with Gasteiger partial charge in [0.15, 0.2) is 11.5 Å². The van der Waals surface area contributed by atoms with E-state index in [1.807, 2.05) is 25.1 Å². The van der Waals surface area contributed by atoms with Gasteiger partial charge in [0.1, 0.15) is 0 Å². The molecule has 0 aliphatic carbocycles. The number of nitrogens with two attached hydrogens (primary N) is 1. The molecule has 0 radical (unpaired) electrons. The lowest BCUT2D eigenvalue weighted by molar-refractivity contribution is -0.124. The van der Waals surface area contributed by atoms with E-state index in [9.17, 15) is 4.79 Å². The van der Waals surface area contributed by atoms with Gasteiger partial charge in [-0.25, -0.2) is 0 Å². The molecule has 1 saturated heterocycles. The Bertz CT molecular complexity index is 521. The highest BCUT2D eigenvalue weighted by Gasteiger charge is 2.26. The van der Waals surface area contributed by atoms with Crippen LogP contribution in [0.3, 0.4) is 0 Å². The van der Waals surface area contributed by atoms with Crippen LogP contribution in [0.15, 0.2) is 18.2 Å². The van der Waals surface area contributed by atoms with Crippen molar-refractivity contribution in [1.29, 1.82) is 0 Å². The second kappa shape index (κ2) is 10.4. The minimum Gasteiger partial charge on any atom is -0.493 e. The molecule has 2 rings (SSSR count). The first-order valence-corrected chi connectivity index (χ1v) is 8.06. The third-order valence-corrected chi connectivity index (χ3v) is 4.07. The minimum atomic E-state index is -0.483. The summed E-state index contributed by atoms with van der Waals surface area (Å²) in [7, 11) is 1.60. The number of carbonyl (C=O) groups is 1. The van der Waals surface area contributed by atoms with Gasteiger partial charge in [0, 0.05) is 19.8 Å². The highest BCUT2D eigenvalue weighted by atomic mass is 35.5. The number of halogens is 1. The highest BCUT2D eigenvalue weighted by molar-refractivity contribution is 5.85. The van der Waals surface area contributed by atoms with Gasteiger partial charge in [0.05, 0.1) is 19.8 Å². The summed E-state index contributed by atoms with van der Waals surface area (Å²) in [4.78, 5) is 12.2. The van der Waals surface area contributed by atoms with Crippen LogP contribution in [0.25, 0.3) is 0 Å². The zero-order valence-electron chi connectivity index (χ0n) is 14.2. The third-order valence-electron chi connectivity index (χ3n) is 4.07. The van der Waals surface area contributed by atoms with Gasteiger partial charge >= 0.3 is 0 Å². The number of amides is 1. The van der Waals surface area contributed by atoms with Crippen molar-refractivity contribution < 1.29 is 19.0 Å². The molecule has 1 aliphatic rings. The van der Waals surface area contributed by atoms with Crippen LogP contribution < -0.4 is 20.5 Å². The van der Waals surface area contributed by atoms with E-state index in [-0.39, 0.29) is 24.2 Å². The molecule has 1 atom stereocenters. The Balaban J connectivity index is 0.00000288. The molecule has 1 unspecified atom stereocenters. The lowest BCUT2D eigenvalue weighted by Crippen LogP contribution is -2.46. The molecule has 1 aromatic rings. The second-order valence-electron chi connectivity index (χ2n) is 5.61. The van der Waals surface area contributed by atoms with Gasteiger partial charge < -0.3 is 25.3 Å². The van der Waals surface area contributed by atoms with Crippen LogP contribution in [0, 0.1) is 5.92 Å². The van der Waals surface area contributed by atoms with E-state index in [1.54, 1.807) is 7.11 Å². The maximum Gasteiger partial charge on any atom is 0.237 e. The number of hydrogen-bond acceptors (Lipinski definition) is 5. The number of nitrogens with one attached hydrogen (secondary N) is 1. The predicted octanol–water partition coefficient (Wildman–Crippen LogP) is 1.89. The van der Waals surface area contributed by atoms with E-state index in [1.165, 1.54) is 0 Å². The first-order chi connectivity index (χ1) is 11.2. The quantitative estimate of drug-likeness (QED) is 0.777. The third kappa shape index (κ3) is 5.54. The summed E-state index contributed by atoms with van der Waals surface area (Å²) in [6.45, 7) is 4.26. The molecule has 0 aromatic heterocycles. The lowest BCUT2D eigenvalue weighted by Gasteiger charge is -2.26. The standard InChI is InChI=1S/C17H26N2O4.ClH/c1-3-23-15-10-12(4-5-14(15)21-2)11-19-17(20)16(18)13-6-8-22-9-7-13;/h4-5,10,13,16H,3,6-9,11,18H2,1-2H3,(H,19,20);1H. The van der Waals surface area contributed by atoms with Crippen molar-refractivity contribution in [1.82, 2.24) is 5.32 Å². The van der Waals surface area contributed by atoms with Gasteiger partial charge in [-0.2, -0.15) is 0 Å². The van der Waals surface area contributed by atoms with E-state index >= 15 is 0 Å². The van der Waals surface area contributed by atoms with Crippen molar-refractivity contribution in [3.8, 4) is 11.5 Å². The first-order valence-electron chi connectivity index (χ1n) is 8.06. The van der Waals surface area contributed by atoms with Crippen molar-refractivity contribution in [3.63, 3.8) is 0 Å². The average Bonchev–Trinajstić information content (AvgIpc) is 2.60. The predicted molar refractivity (Wildman–Crippen MR) is 94.8 cm³/mol. The molecule has 1 aliphatic heterocycles. The van der Waals surface area contributed by atoms with E-state index < -0.39 is 6.04 Å². The fraction of sp³-hybridized carbons (Fsp3) is 0.588. The van der Waals surface area contributed by atoms with Gasteiger partial charge in [-0.15, -0.1) is 12.4 Å². The molecule has 0 saturated carbocycles. The summed E-state index contributed by atoms with van der Waals surface area (Å²) in [5, 5.41) is 2.90. The van der Waals surface area contributed by atoms with Crippen LogP contribution in [0.4, 0.5) is 0 Å². The molecular formula is C17H27ClN2O4. The molecule has 24 heavy (non-hydrogen) atoms. The zero-order valence-corrected chi connectivity index (χ0v) is 15.1. The van der Waals surface area contributed by atoms with Crippen LogP contribution in [-0.4, -0.2) is 38.9 Å². The summed E-state index contributed by atoms with van der Waals surface area (Å²) in [6.07, 6.45) is 1.68. The van der Waals surface area contributed by atoms with Crippen LogP contribution in [0.5, 0.6) is 11.5 Å². The zero-order chi connectivity index (χ0) is 16.7. The van der Waals surface area contributed by atoms with Crippen LogP contribution in [0.2, 0.25) is 0 Å². The maximum atomic E-state index is 12.2. The maximum absolute atomic E-state index is 12.2. The van der Waals surface area contributed by atoms with Crippen molar-refractivity contribution >= 4 is 18.3 Å². The van der Waals surface area contributed by atoms with Crippen molar-refractivity contribution in [2.24, 2.45) is 11.7 Å². The molecular weight excluding hydrogens is 332 g/mol. The smallest absolute Gasteiger partial charge is 0.237 e. The first kappa shape index (κ1) is 20.5. The molecule has 1 aromatic carbocycles. The van der Waals surface area contributed by atoms with Gasteiger partial charge in [-0.05, 0) is 43.4 Å². The van der Waals surface area contributed by atoms with E-state index in [2.05, 4.69) is 5.32 Å². The monoisotopic (exact) mass is 358 g/mol. The molecule has 1 amide bonds.